The largest absolute Gasteiger partial charge is 0.381 e. The standard InChI is InChI=1S/C8H16N2O5/c11-9(12)5-1-3-7-15-8-4-2-6-10(13)14/h1-8H2. The molecule has 0 radical (unpaired) electrons. The summed E-state index contributed by atoms with van der Waals surface area (Å²) in [7, 11) is 0. The summed E-state index contributed by atoms with van der Waals surface area (Å²) in [5, 5.41) is 19.9. The molecule has 7 heteroatoms. The average molecular weight is 220 g/mol. The quantitative estimate of drug-likeness (QED) is 0.312. The van der Waals surface area contributed by atoms with Crippen LogP contribution in [0.25, 0.3) is 0 Å². The Hall–Kier alpha value is -1.24. The molecule has 0 rings (SSSR count). The molecule has 0 aliphatic carbocycles. The third-order valence-corrected chi connectivity index (χ3v) is 1.76. The first-order chi connectivity index (χ1) is 7.13. The fraction of sp³-hybridized carbons (Fsp3) is 1.00. The van der Waals surface area contributed by atoms with Gasteiger partial charge in [-0.25, -0.2) is 0 Å². The van der Waals surface area contributed by atoms with E-state index in [4.69, 9.17) is 4.74 Å². The fourth-order valence-electron chi connectivity index (χ4n) is 0.992. The Labute approximate surface area is 87.7 Å². The second kappa shape index (κ2) is 9.32. The van der Waals surface area contributed by atoms with Gasteiger partial charge in [-0.05, 0) is 12.8 Å². The smallest absolute Gasteiger partial charge is 0.204 e. The fourth-order valence-corrected chi connectivity index (χ4v) is 0.992. The van der Waals surface area contributed by atoms with Crippen LogP contribution in [0.4, 0.5) is 0 Å². The zero-order valence-corrected chi connectivity index (χ0v) is 8.59. The van der Waals surface area contributed by atoms with Crippen LogP contribution in [0.15, 0.2) is 0 Å². The highest BCUT2D eigenvalue weighted by Gasteiger charge is 1.98. The van der Waals surface area contributed by atoms with Gasteiger partial charge in [-0.1, -0.05) is 0 Å². The van der Waals surface area contributed by atoms with E-state index in [1.165, 1.54) is 0 Å². The molecule has 0 N–H and O–H groups in total. The van der Waals surface area contributed by atoms with Gasteiger partial charge in [-0.3, -0.25) is 20.2 Å². The van der Waals surface area contributed by atoms with E-state index in [1.807, 2.05) is 0 Å². The molecule has 0 heterocycles. The van der Waals surface area contributed by atoms with Gasteiger partial charge in [-0.15, -0.1) is 0 Å². The van der Waals surface area contributed by atoms with Crippen LogP contribution < -0.4 is 0 Å². The topological polar surface area (TPSA) is 95.5 Å². The zero-order chi connectivity index (χ0) is 11.5. The van der Waals surface area contributed by atoms with Gasteiger partial charge in [0.15, 0.2) is 0 Å². The predicted octanol–water partition coefficient (Wildman–Crippen LogP) is 1.12. The van der Waals surface area contributed by atoms with Gasteiger partial charge in [0.2, 0.25) is 13.1 Å². The van der Waals surface area contributed by atoms with Crippen LogP contribution in [-0.4, -0.2) is 36.1 Å². The highest BCUT2D eigenvalue weighted by atomic mass is 16.6. The molecule has 0 aromatic heterocycles. The number of hydrogen-bond donors (Lipinski definition) is 0. The van der Waals surface area contributed by atoms with Crippen molar-refractivity contribution in [3.8, 4) is 0 Å². The summed E-state index contributed by atoms with van der Waals surface area (Å²) < 4.78 is 5.15. The third-order valence-electron chi connectivity index (χ3n) is 1.76. The maximum atomic E-state index is 9.94. The number of nitro groups is 2. The van der Waals surface area contributed by atoms with E-state index >= 15 is 0 Å². The maximum absolute atomic E-state index is 9.94. The molecule has 0 saturated carbocycles. The number of unbranched alkanes of at least 4 members (excludes halogenated alkanes) is 2. The van der Waals surface area contributed by atoms with E-state index in [0.717, 1.165) is 0 Å². The van der Waals surface area contributed by atoms with Gasteiger partial charge in [-0.2, -0.15) is 0 Å². The van der Waals surface area contributed by atoms with E-state index in [9.17, 15) is 20.2 Å². The molecular weight excluding hydrogens is 204 g/mol. The second-order valence-corrected chi connectivity index (χ2v) is 3.14. The van der Waals surface area contributed by atoms with Crippen molar-refractivity contribution in [3.63, 3.8) is 0 Å². The Morgan fingerprint density at radius 1 is 0.800 bits per heavy atom. The van der Waals surface area contributed by atoms with Gasteiger partial charge in [0.1, 0.15) is 0 Å². The van der Waals surface area contributed by atoms with E-state index in [-0.39, 0.29) is 22.9 Å². The van der Waals surface area contributed by atoms with Crippen molar-refractivity contribution in [1.82, 2.24) is 0 Å². The summed E-state index contributed by atoms with van der Waals surface area (Å²) in [5.41, 5.74) is 0. The summed E-state index contributed by atoms with van der Waals surface area (Å²) in [6, 6.07) is 0. The van der Waals surface area contributed by atoms with Crippen LogP contribution in [0.5, 0.6) is 0 Å². The van der Waals surface area contributed by atoms with E-state index in [1.54, 1.807) is 0 Å². The van der Waals surface area contributed by atoms with Crippen molar-refractivity contribution in [1.29, 1.82) is 0 Å². The Kier molecular flexibility index (Phi) is 8.55. The van der Waals surface area contributed by atoms with E-state index in [0.29, 0.717) is 38.9 Å². The van der Waals surface area contributed by atoms with Gasteiger partial charge in [0, 0.05) is 35.9 Å². The number of hydrogen-bond acceptors (Lipinski definition) is 5. The summed E-state index contributed by atoms with van der Waals surface area (Å²) in [4.78, 5) is 19.2. The molecule has 0 aromatic carbocycles. The highest BCUT2D eigenvalue weighted by molar-refractivity contribution is 4.40. The predicted molar refractivity (Wildman–Crippen MR) is 53.0 cm³/mol. The van der Waals surface area contributed by atoms with Gasteiger partial charge in [0.25, 0.3) is 0 Å². The van der Waals surface area contributed by atoms with Crippen LogP contribution in [-0.2, 0) is 4.74 Å². The van der Waals surface area contributed by atoms with Crippen LogP contribution in [0.3, 0.4) is 0 Å². The minimum atomic E-state index is -0.350. The Balaban J connectivity index is 2.99. The first-order valence-electron chi connectivity index (χ1n) is 4.94. The molecule has 0 atom stereocenters. The van der Waals surface area contributed by atoms with Crippen molar-refractivity contribution < 1.29 is 14.6 Å². The first-order valence-corrected chi connectivity index (χ1v) is 4.94. The number of ether oxygens (including phenoxy) is 1. The molecule has 15 heavy (non-hydrogen) atoms. The molecule has 0 amide bonds. The summed E-state index contributed by atoms with van der Waals surface area (Å²) >= 11 is 0. The lowest BCUT2D eigenvalue weighted by Crippen LogP contribution is -2.05. The van der Waals surface area contributed by atoms with Crippen molar-refractivity contribution in [2.24, 2.45) is 0 Å². The molecule has 0 fully saturated rings. The molecule has 0 unspecified atom stereocenters. The SMILES string of the molecule is O=[N+]([O-])CCCCOCCCC[N+](=O)[O-]. The molecule has 7 nitrogen and oxygen atoms in total. The minimum absolute atomic E-state index is 0.0231. The molecule has 0 spiro atoms. The summed E-state index contributed by atoms with van der Waals surface area (Å²) in [6.45, 7) is 0.938. The first kappa shape index (κ1) is 13.8. The van der Waals surface area contributed by atoms with E-state index in [2.05, 4.69) is 0 Å². The van der Waals surface area contributed by atoms with Gasteiger partial charge >= 0.3 is 0 Å². The summed E-state index contributed by atoms with van der Waals surface area (Å²) in [5.74, 6) is 0. The molecular formula is C8H16N2O5. The molecule has 0 aliphatic heterocycles. The monoisotopic (exact) mass is 220 g/mol. The third kappa shape index (κ3) is 12.8. The van der Waals surface area contributed by atoms with E-state index < -0.39 is 0 Å². The lowest BCUT2D eigenvalue weighted by molar-refractivity contribution is -0.480. The van der Waals surface area contributed by atoms with Crippen LogP contribution in [0.2, 0.25) is 0 Å². The van der Waals surface area contributed by atoms with Crippen LogP contribution in [0.1, 0.15) is 25.7 Å². The minimum Gasteiger partial charge on any atom is -0.381 e. The highest BCUT2D eigenvalue weighted by Crippen LogP contribution is 1.94. The molecule has 0 aromatic rings. The number of rotatable bonds is 10. The van der Waals surface area contributed by atoms with Crippen LogP contribution >= 0.6 is 0 Å². The van der Waals surface area contributed by atoms with Gasteiger partial charge in [0.05, 0.1) is 0 Å². The molecule has 0 bridgehead atoms. The Morgan fingerprint density at radius 2 is 1.20 bits per heavy atom. The number of nitrogens with zero attached hydrogens (tertiary/aromatic N) is 2. The molecule has 0 saturated heterocycles. The normalized spacial score (nSPS) is 10.1. The maximum Gasteiger partial charge on any atom is 0.204 e. The Bertz CT molecular complexity index is 177. The Morgan fingerprint density at radius 3 is 1.53 bits per heavy atom. The molecule has 0 aliphatic rings. The summed E-state index contributed by atoms with van der Waals surface area (Å²) in [6.07, 6.45) is 2.36. The van der Waals surface area contributed by atoms with Crippen molar-refractivity contribution in [2.75, 3.05) is 26.3 Å². The van der Waals surface area contributed by atoms with Crippen LogP contribution in [0, 0.1) is 20.2 Å². The lowest BCUT2D eigenvalue weighted by atomic mass is 10.3. The zero-order valence-electron chi connectivity index (χ0n) is 8.59. The average Bonchev–Trinajstić information content (AvgIpc) is 2.14. The van der Waals surface area contributed by atoms with Crippen molar-refractivity contribution >= 4 is 0 Å². The lowest BCUT2D eigenvalue weighted by Gasteiger charge is -2.01. The molecule has 88 valence electrons. The van der Waals surface area contributed by atoms with Crippen molar-refractivity contribution in [3.05, 3.63) is 20.2 Å². The van der Waals surface area contributed by atoms with Crippen molar-refractivity contribution in [2.45, 2.75) is 25.7 Å². The second-order valence-electron chi connectivity index (χ2n) is 3.14. The van der Waals surface area contributed by atoms with Gasteiger partial charge < -0.3 is 4.74 Å².